The maximum Gasteiger partial charge on any atom is 0.154 e. The molecule has 1 aromatic rings. The number of hydrogen-bond acceptors (Lipinski definition) is 4. The van der Waals surface area contributed by atoms with Crippen LogP contribution >= 0.6 is 0 Å². The first-order valence-corrected chi connectivity index (χ1v) is 8.50. The van der Waals surface area contributed by atoms with E-state index in [9.17, 15) is 13.5 Å². The molecule has 1 unspecified atom stereocenters. The van der Waals surface area contributed by atoms with Crippen LogP contribution in [0.5, 0.6) is 0 Å². The number of hydrogen-bond donors (Lipinski definition) is 1. The van der Waals surface area contributed by atoms with Crippen molar-refractivity contribution in [1.29, 1.82) is 0 Å². The molecular weight excluding hydrogens is 262 g/mol. The summed E-state index contributed by atoms with van der Waals surface area (Å²) >= 11 is 0. The van der Waals surface area contributed by atoms with E-state index >= 15 is 0 Å². The zero-order valence-electron chi connectivity index (χ0n) is 11.4. The van der Waals surface area contributed by atoms with Crippen LogP contribution in [0, 0.1) is 0 Å². The lowest BCUT2D eigenvalue weighted by Crippen LogP contribution is -2.47. The molecule has 1 aromatic carbocycles. The number of benzene rings is 1. The largest absolute Gasteiger partial charge is 0.388 e. The van der Waals surface area contributed by atoms with Gasteiger partial charge in [0.1, 0.15) is 0 Å². The Morgan fingerprint density at radius 1 is 1.37 bits per heavy atom. The van der Waals surface area contributed by atoms with Gasteiger partial charge < -0.3 is 10.0 Å². The summed E-state index contributed by atoms with van der Waals surface area (Å²) < 4.78 is 23.1. The van der Waals surface area contributed by atoms with E-state index < -0.39 is 15.9 Å². The molecule has 0 bridgehead atoms. The van der Waals surface area contributed by atoms with Crippen LogP contribution in [0.25, 0.3) is 0 Å². The van der Waals surface area contributed by atoms with Crippen molar-refractivity contribution in [3.63, 3.8) is 0 Å². The van der Waals surface area contributed by atoms with Gasteiger partial charge >= 0.3 is 0 Å². The number of rotatable bonds is 3. The summed E-state index contributed by atoms with van der Waals surface area (Å²) in [7, 11) is -2.88. The van der Waals surface area contributed by atoms with Crippen LogP contribution in [0.15, 0.2) is 24.3 Å². The second-order valence-electron chi connectivity index (χ2n) is 5.17. The molecule has 5 heteroatoms. The quantitative estimate of drug-likeness (QED) is 0.918. The van der Waals surface area contributed by atoms with Crippen LogP contribution in [0.1, 0.15) is 31.9 Å². The molecule has 2 atom stereocenters. The van der Waals surface area contributed by atoms with Gasteiger partial charge in [-0.2, -0.15) is 0 Å². The van der Waals surface area contributed by atoms with E-state index in [1.807, 2.05) is 38.1 Å². The van der Waals surface area contributed by atoms with Gasteiger partial charge in [-0.1, -0.05) is 19.1 Å². The first kappa shape index (κ1) is 14.3. The molecule has 1 N–H and O–H groups in total. The van der Waals surface area contributed by atoms with Crippen LogP contribution in [0.4, 0.5) is 5.69 Å². The van der Waals surface area contributed by atoms with Crippen LogP contribution in [-0.2, 0) is 9.84 Å². The normalized spacial score (nSPS) is 24.2. The highest BCUT2D eigenvalue weighted by Gasteiger charge is 2.28. The maximum absolute atomic E-state index is 11.6. The van der Waals surface area contributed by atoms with Crippen molar-refractivity contribution in [2.45, 2.75) is 32.4 Å². The Bertz CT molecular complexity index is 524. The Labute approximate surface area is 115 Å². The molecule has 1 saturated heterocycles. The van der Waals surface area contributed by atoms with Crippen molar-refractivity contribution in [3.8, 4) is 0 Å². The van der Waals surface area contributed by atoms with Crippen LogP contribution in [0.3, 0.4) is 0 Å². The molecule has 1 fully saturated rings. The summed E-state index contributed by atoms with van der Waals surface area (Å²) in [5, 5.41) is 9.76. The third-order valence-electron chi connectivity index (χ3n) is 3.67. The van der Waals surface area contributed by atoms with Gasteiger partial charge in [0.05, 0.1) is 17.6 Å². The van der Waals surface area contributed by atoms with Crippen LogP contribution < -0.4 is 4.90 Å². The molecule has 1 aliphatic heterocycles. The van der Waals surface area contributed by atoms with Gasteiger partial charge in [0.15, 0.2) is 9.84 Å². The Hall–Kier alpha value is -1.07. The zero-order chi connectivity index (χ0) is 14.0. The topological polar surface area (TPSA) is 57.6 Å². The third kappa shape index (κ3) is 3.28. The lowest BCUT2D eigenvalue weighted by molar-refractivity contribution is 0.173. The first-order chi connectivity index (χ1) is 8.93. The number of aliphatic hydroxyl groups is 1. The highest BCUT2D eigenvalue weighted by atomic mass is 32.2. The minimum Gasteiger partial charge on any atom is -0.388 e. The van der Waals surface area contributed by atoms with Gasteiger partial charge in [0.2, 0.25) is 0 Å². The standard InChI is InChI=1S/C14H21NO3S/c1-3-14(16)12-4-6-13(7-5-12)15-8-9-19(17,18)10-11(15)2/h4-7,11,14,16H,3,8-10H2,1-2H3/t11?,14-/m1/s1. The minimum atomic E-state index is -2.88. The average molecular weight is 283 g/mol. The smallest absolute Gasteiger partial charge is 0.154 e. The fourth-order valence-electron chi connectivity index (χ4n) is 2.51. The van der Waals surface area contributed by atoms with Crippen molar-refractivity contribution in [2.24, 2.45) is 0 Å². The molecule has 0 amide bonds. The summed E-state index contributed by atoms with van der Waals surface area (Å²) in [5.74, 6) is 0.434. The summed E-state index contributed by atoms with van der Waals surface area (Å²) in [6.45, 7) is 4.42. The maximum atomic E-state index is 11.6. The highest BCUT2D eigenvalue weighted by Crippen LogP contribution is 2.24. The van der Waals surface area contributed by atoms with Gasteiger partial charge in [-0.15, -0.1) is 0 Å². The summed E-state index contributed by atoms with van der Waals surface area (Å²) in [4.78, 5) is 2.11. The minimum absolute atomic E-state index is 0.000647. The molecule has 1 aliphatic rings. The van der Waals surface area contributed by atoms with E-state index in [0.717, 1.165) is 11.3 Å². The lowest BCUT2D eigenvalue weighted by Gasteiger charge is -2.35. The Kier molecular flexibility index (Phi) is 4.16. The Morgan fingerprint density at radius 3 is 2.53 bits per heavy atom. The molecule has 2 rings (SSSR count). The SMILES string of the molecule is CC[C@@H](O)c1ccc(N2CCS(=O)(=O)CC2C)cc1. The molecule has 106 valence electrons. The molecule has 0 spiro atoms. The van der Waals surface area contributed by atoms with Crippen molar-refractivity contribution < 1.29 is 13.5 Å². The van der Waals surface area contributed by atoms with Gasteiger partial charge in [-0.25, -0.2) is 8.42 Å². The summed E-state index contributed by atoms with van der Waals surface area (Å²) in [6.07, 6.45) is 0.269. The van der Waals surface area contributed by atoms with Gasteiger partial charge in [0, 0.05) is 18.3 Å². The zero-order valence-corrected chi connectivity index (χ0v) is 12.2. The Morgan fingerprint density at radius 2 is 2.00 bits per heavy atom. The van der Waals surface area contributed by atoms with E-state index in [1.54, 1.807) is 0 Å². The fraction of sp³-hybridized carbons (Fsp3) is 0.571. The van der Waals surface area contributed by atoms with Gasteiger partial charge in [-0.05, 0) is 31.0 Å². The van der Waals surface area contributed by atoms with Crippen molar-refractivity contribution >= 4 is 15.5 Å². The van der Waals surface area contributed by atoms with E-state index in [2.05, 4.69) is 4.90 Å². The monoisotopic (exact) mass is 283 g/mol. The molecule has 0 saturated carbocycles. The predicted molar refractivity (Wildman–Crippen MR) is 77.2 cm³/mol. The average Bonchev–Trinajstić information content (AvgIpc) is 2.37. The lowest BCUT2D eigenvalue weighted by atomic mass is 10.1. The number of sulfone groups is 1. The summed E-state index contributed by atoms with van der Waals surface area (Å²) in [6, 6.07) is 7.75. The second-order valence-corrected chi connectivity index (χ2v) is 7.40. The molecule has 1 heterocycles. The molecule has 19 heavy (non-hydrogen) atoms. The van der Waals surface area contributed by atoms with Crippen LogP contribution in [-0.4, -0.2) is 37.6 Å². The molecule has 0 radical (unpaired) electrons. The number of nitrogens with zero attached hydrogens (tertiary/aromatic N) is 1. The predicted octanol–water partition coefficient (Wildman–Crippen LogP) is 1.75. The van der Waals surface area contributed by atoms with Gasteiger partial charge in [-0.3, -0.25) is 0 Å². The van der Waals surface area contributed by atoms with E-state index in [-0.39, 0.29) is 17.5 Å². The highest BCUT2D eigenvalue weighted by molar-refractivity contribution is 7.91. The molecule has 0 aromatic heterocycles. The fourth-order valence-corrected chi connectivity index (χ4v) is 4.06. The van der Waals surface area contributed by atoms with Crippen LogP contribution in [0.2, 0.25) is 0 Å². The Balaban J connectivity index is 2.15. The number of anilines is 1. The molecule has 4 nitrogen and oxygen atoms in total. The van der Waals surface area contributed by atoms with Crippen molar-refractivity contribution in [1.82, 2.24) is 0 Å². The first-order valence-electron chi connectivity index (χ1n) is 6.68. The summed E-state index contributed by atoms with van der Waals surface area (Å²) in [5.41, 5.74) is 1.93. The molecule has 0 aliphatic carbocycles. The van der Waals surface area contributed by atoms with Crippen molar-refractivity contribution in [3.05, 3.63) is 29.8 Å². The number of aliphatic hydroxyl groups excluding tert-OH is 1. The van der Waals surface area contributed by atoms with E-state index in [1.165, 1.54) is 0 Å². The second kappa shape index (κ2) is 5.51. The van der Waals surface area contributed by atoms with E-state index in [0.29, 0.717) is 13.0 Å². The van der Waals surface area contributed by atoms with E-state index in [4.69, 9.17) is 0 Å². The molecular formula is C14H21NO3S. The van der Waals surface area contributed by atoms with Crippen molar-refractivity contribution in [2.75, 3.05) is 23.0 Å². The third-order valence-corrected chi connectivity index (χ3v) is 5.46. The van der Waals surface area contributed by atoms with Gasteiger partial charge in [0.25, 0.3) is 0 Å².